The van der Waals surface area contributed by atoms with Crippen LogP contribution in [0, 0.1) is 0 Å². The quantitative estimate of drug-likeness (QED) is 0.500. The second-order valence-corrected chi connectivity index (χ2v) is 8.02. The Kier molecular flexibility index (Phi) is 5.36. The van der Waals surface area contributed by atoms with E-state index in [4.69, 9.17) is 15.2 Å². The highest BCUT2D eigenvalue weighted by Gasteiger charge is 2.19. The molecule has 1 aromatic heterocycles. The summed E-state index contributed by atoms with van der Waals surface area (Å²) in [4.78, 5) is 9.47. The number of aromatic nitrogens is 2. The number of aryl methyl sites for hydroxylation is 1. The molecule has 3 aromatic rings. The summed E-state index contributed by atoms with van der Waals surface area (Å²) in [5.74, 6) is 1.73. The fourth-order valence-electron chi connectivity index (χ4n) is 4.40. The number of ether oxygens (including phenoxy) is 2. The molecule has 30 heavy (non-hydrogen) atoms. The molecule has 0 aliphatic carbocycles. The Morgan fingerprint density at radius 3 is 2.57 bits per heavy atom. The molecule has 7 nitrogen and oxygen atoms in total. The lowest BCUT2D eigenvalue weighted by atomic mass is 10.2. The number of piperazine rings is 1. The maximum absolute atomic E-state index is 6.13. The molecule has 3 heterocycles. The first kappa shape index (κ1) is 19.1. The first-order chi connectivity index (χ1) is 14.8. The van der Waals surface area contributed by atoms with E-state index in [9.17, 15) is 0 Å². The number of fused-ring (bicyclic) bond motifs is 2. The number of nitrogens with two attached hydrogens (primary N) is 1. The molecule has 7 heteroatoms. The highest BCUT2D eigenvalue weighted by Crippen LogP contribution is 2.34. The number of nitrogens with zero attached hydrogens (tertiary/aromatic N) is 4. The average molecular weight is 408 g/mol. The van der Waals surface area contributed by atoms with Crippen LogP contribution in [0.2, 0.25) is 0 Å². The third-order valence-electron chi connectivity index (χ3n) is 6.06. The van der Waals surface area contributed by atoms with Crippen LogP contribution >= 0.6 is 0 Å². The summed E-state index contributed by atoms with van der Waals surface area (Å²) in [6, 6.07) is 12.2. The van der Waals surface area contributed by atoms with Crippen molar-refractivity contribution in [3.05, 3.63) is 42.7 Å². The van der Waals surface area contributed by atoms with Gasteiger partial charge in [-0.25, -0.2) is 4.98 Å². The molecule has 2 N–H and O–H groups in total. The monoisotopic (exact) mass is 407 g/mol. The van der Waals surface area contributed by atoms with Gasteiger partial charge >= 0.3 is 0 Å². The predicted molar refractivity (Wildman–Crippen MR) is 119 cm³/mol. The standard InChI is InChI=1S/C23H29N5O2/c24-19-4-3-5-20-23(19)28(17-25-20)9-2-1-8-26-10-12-27(13-11-26)18-6-7-21-22(16-18)30-15-14-29-21/h3-7,16-17H,1-2,8-15,24H2. The summed E-state index contributed by atoms with van der Waals surface area (Å²) in [5, 5.41) is 0. The second kappa shape index (κ2) is 8.44. The minimum absolute atomic E-state index is 0.631. The number of imidazole rings is 1. The summed E-state index contributed by atoms with van der Waals surface area (Å²) in [6.45, 7) is 7.63. The van der Waals surface area contributed by atoms with Crippen molar-refractivity contribution in [1.82, 2.24) is 14.5 Å². The number of hydrogen-bond acceptors (Lipinski definition) is 6. The lowest BCUT2D eigenvalue weighted by molar-refractivity contribution is 0.171. The van der Waals surface area contributed by atoms with Gasteiger partial charge in [-0.1, -0.05) is 6.07 Å². The van der Waals surface area contributed by atoms with Gasteiger partial charge in [0, 0.05) is 44.5 Å². The zero-order valence-corrected chi connectivity index (χ0v) is 17.3. The molecule has 2 aliphatic rings. The molecule has 0 spiro atoms. The Balaban J connectivity index is 1.08. The number of nitrogen functional groups attached to an aromatic ring is 1. The first-order valence-corrected chi connectivity index (χ1v) is 10.8. The van der Waals surface area contributed by atoms with E-state index in [1.165, 1.54) is 12.1 Å². The van der Waals surface area contributed by atoms with Gasteiger partial charge in [0.05, 0.1) is 23.0 Å². The van der Waals surface area contributed by atoms with Gasteiger partial charge in [0.15, 0.2) is 11.5 Å². The van der Waals surface area contributed by atoms with Crippen molar-refractivity contribution in [2.24, 2.45) is 0 Å². The average Bonchev–Trinajstić information content (AvgIpc) is 3.21. The van der Waals surface area contributed by atoms with Crippen LogP contribution in [0.5, 0.6) is 11.5 Å². The summed E-state index contributed by atoms with van der Waals surface area (Å²) < 4.78 is 13.5. The van der Waals surface area contributed by atoms with Gasteiger partial charge in [-0.05, 0) is 43.7 Å². The predicted octanol–water partition coefficient (Wildman–Crippen LogP) is 2.99. The number of anilines is 2. The van der Waals surface area contributed by atoms with E-state index in [1.54, 1.807) is 0 Å². The molecule has 1 saturated heterocycles. The van der Waals surface area contributed by atoms with Crippen molar-refractivity contribution >= 4 is 22.4 Å². The second-order valence-electron chi connectivity index (χ2n) is 8.02. The SMILES string of the molecule is Nc1cccc2ncn(CCCCN3CCN(c4ccc5c(c4)OCCO5)CC3)c12. The fourth-order valence-corrected chi connectivity index (χ4v) is 4.40. The number of hydrogen-bond donors (Lipinski definition) is 1. The molecule has 0 atom stereocenters. The van der Waals surface area contributed by atoms with Gasteiger partial charge in [-0.3, -0.25) is 4.90 Å². The third-order valence-corrected chi connectivity index (χ3v) is 6.06. The fraction of sp³-hybridized carbons (Fsp3) is 0.435. The lowest BCUT2D eigenvalue weighted by Crippen LogP contribution is -2.46. The van der Waals surface area contributed by atoms with Gasteiger partial charge < -0.3 is 24.7 Å². The zero-order chi connectivity index (χ0) is 20.3. The van der Waals surface area contributed by atoms with Gasteiger partial charge in [-0.2, -0.15) is 0 Å². The summed E-state index contributed by atoms with van der Waals surface area (Å²) in [5.41, 5.74) is 10.2. The highest BCUT2D eigenvalue weighted by atomic mass is 16.6. The Bertz CT molecular complexity index is 1010. The van der Waals surface area contributed by atoms with Gasteiger partial charge in [-0.15, -0.1) is 0 Å². The minimum Gasteiger partial charge on any atom is -0.486 e. The smallest absolute Gasteiger partial charge is 0.163 e. The Hall–Kier alpha value is -2.93. The van der Waals surface area contributed by atoms with E-state index >= 15 is 0 Å². The van der Waals surface area contributed by atoms with Crippen LogP contribution in [-0.2, 0) is 6.54 Å². The van der Waals surface area contributed by atoms with Crippen LogP contribution in [0.15, 0.2) is 42.7 Å². The molecule has 0 radical (unpaired) electrons. The van der Waals surface area contributed by atoms with Crippen LogP contribution in [0.4, 0.5) is 11.4 Å². The zero-order valence-electron chi connectivity index (χ0n) is 17.3. The molecule has 0 saturated carbocycles. The lowest BCUT2D eigenvalue weighted by Gasteiger charge is -2.36. The molecule has 2 aliphatic heterocycles. The Morgan fingerprint density at radius 1 is 0.900 bits per heavy atom. The topological polar surface area (TPSA) is 68.8 Å². The van der Waals surface area contributed by atoms with E-state index in [0.29, 0.717) is 13.2 Å². The van der Waals surface area contributed by atoms with Crippen molar-refractivity contribution in [2.75, 3.05) is 56.6 Å². The Labute approximate surface area is 177 Å². The van der Waals surface area contributed by atoms with E-state index in [2.05, 4.69) is 31.5 Å². The summed E-state index contributed by atoms with van der Waals surface area (Å²) in [7, 11) is 0. The van der Waals surface area contributed by atoms with Crippen LogP contribution in [0.25, 0.3) is 11.0 Å². The van der Waals surface area contributed by atoms with Crippen molar-refractivity contribution in [3.8, 4) is 11.5 Å². The number of unbranched alkanes of at least 4 members (excludes halogenated alkanes) is 1. The first-order valence-electron chi connectivity index (χ1n) is 10.8. The van der Waals surface area contributed by atoms with E-state index in [0.717, 1.165) is 73.9 Å². The maximum Gasteiger partial charge on any atom is 0.163 e. The largest absolute Gasteiger partial charge is 0.486 e. The maximum atomic E-state index is 6.13. The highest BCUT2D eigenvalue weighted by molar-refractivity contribution is 5.87. The van der Waals surface area contributed by atoms with Crippen molar-refractivity contribution in [1.29, 1.82) is 0 Å². The van der Waals surface area contributed by atoms with Gasteiger partial charge in [0.2, 0.25) is 0 Å². The molecule has 5 rings (SSSR count). The molecule has 0 bridgehead atoms. The molecule has 1 fully saturated rings. The molecule has 158 valence electrons. The van der Waals surface area contributed by atoms with Gasteiger partial charge in [0.1, 0.15) is 13.2 Å². The molecule has 0 amide bonds. The van der Waals surface area contributed by atoms with Crippen LogP contribution in [-0.4, -0.2) is 60.4 Å². The number of benzene rings is 2. The molecular formula is C23H29N5O2. The number of para-hydroxylation sites is 1. The normalized spacial score (nSPS) is 16.9. The Morgan fingerprint density at radius 2 is 1.70 bits per heavy atom. The van der Waals surface area contributed by atoms with Crippen molar-refractivity contribution in [3.63, 3.8) is 0 Å². The number of rotatable bonds is 6. The molecule has 2 aromatic carbocycles. The van der Waals surface area contributed by atoms with Crippen LogP contribution < -0.4 is 20.1 Å². The summed E-state index contributed by atoms with van der Waals surface area (Å²) >= 11 is 0. The van der Waals surface area contributed by atoms with Crippen LogP contribution in [0.1, 0.15) is 12.8 Å². The molecule has 0 unspecified atom stereocenters. The van der Waals surface area contributed by atoms with Crippen molar-refractivity contribution in [2.45, 2.75) is 19.4 Å². The summed E-state index contributed by atoms with van der Waals surface area (Å²) in [6.07, 6.45) is 4.21. The minimum atomic E-state index is 0.631. The van der Waals surface area contributed by atoms with E-state index in [-0.39, 0.29) is 0 Å². The molecular weight excluding hydrogens is 378 g/mol. The van der Waals surface area contributed by atoms with Crippen LogP contribution in [0.3, 0.4) is 0 Å². The van der Waals surface area contributed by atoms with E-state index < -0.39 is 0 Å². The third kappa shape index (κ3) is 3.89. The van der Waals surface area contributed by atoms with Gasteiger partial charge in [0.25, 0.3) is 0 Å². The van der Waals surface area contributed by atoms with Crippen molar-refractivity contribution < 1.29 is 9.47 Å². The van der Waals surface area contributed by atoms with E-state index in [1.807, 2.05) is 30.6 Å².